The van der Waals surface area contributed by atoms with Crippen LogP contribution in [0.5, 0.6) is 0 Å². The summed E-state index contributed by atoms with van der Waals surface area (Å²) in [6.07, 6.45) is 0.274. The van der Waals surface area contributed by atoms with E-state index in [4.69, 9.17) is 46.4 Å². The number of hydrogen-bond donors (Lipinski definition) is 1. The van der Waals surface area contributed by atoms with E-state index in [-0.39, 0.29) is 40.5 Å². The molecule has 0 radical (unpaired) electrons. The first-order valence-electron chi connectivity index (χ1n) is 12.4. The predicted octanol–water partition coefficient (Wildman–Crippen LogP) is 6.83. The lowest BCUT2D eigenvalue weighted by Gasteiger charge is -2.33. The van der Waals surface area contributed by atoms with Gasteiger partial charge in [0.25, 0.3) is 10.0 Å². The van der Waals surface area contributed by atoms with Crippen molar-refractivity contribution in [1.29, 1.82) is 0 Å². The number of carbonyl (C=O) groups is 2. The molecule has 3 aromatic rings. The summed E-state index contributed by atoms with van der Waals surface area (Å²) >= 11 is 24.6. The minimum atomic E-state index is -4.25. The highest BCUT2D eigenvalue weighted by Crippen LogP contribution is 2.28. The van der Waals surface area contributed by atoms with Gasteiger partial charge in [-0.05, 0) is 80.4 Å². The maximum Gasteiger partial charge on any atom is 0.264 e. The van der Waals surface area contributed by atoms with Crippen molar-refractivity contribution in [1.82, 2.24) is 10.2 Å². The summed E-state index contributed by atoms with van der Waals surface area (Å²) in [6.45, 7) is 4.73. The Morgan fingerprint density at radius 1 is 0.875 bits per heavy atom. The minimum absolute atomic E-state index is 0.0523. The number of benzene rings is 3. The number of rotatable bonds is 11. The SMILES string of the molecule is CC[C@H](C(=O)NC(C)C)N(Cc1ccc(Cl)cc1Cl)C(=O)CN(c1cccc(Cl)c1)S(=O)(=O)c1ccc(Cl)cc1. The lowest BCUT2D eigenvalue weighted by atomic mass is 10.1. The fourth-order valence-corrected chi connectivity index (χ4v) is 6.21. The number of nitrogens with one attached hydrogen (secondary N) is 1. The number of nitrogens with zero attached hydrogens (tertiary/aromatic N) is 2. The van der Waals surface area contributed by atoms with Crippen LogP contribution in [0.4, 0.5) is 5.69 Å². The second-order valence-corrected chi connectivity index (χ2v) is 12.9. The van der Waals surface area contributed by atoms with E-state index < -0.39 is 28.5 Å². The summed E-state index contributed by atoms with van der Waals surface area (Å²) < 4.78 is 28.6. The molecule has 0 fully saturated rings. The van der Waals surface area contributed by atoms with Crippen molar-refractivity contribution >= 4 is 73.9 Å². The zero-order chi connectivity index (χ0) is 29.6. The predicted molar refractivity (Wildman–Crippen MR) is 162 cm³/mol. The zero-order valence-electron chi connectivity index (χ0n) is 22.1. The quantitative estimate of drug-likeness (QED) is 0.248. The third kappa shape index (κ3) is 8.04. The van der Waals surface area contributed by atoms with Crippen LogP contribution in [0.25, 0.3) is 0 Å². The van der Waals surface area contributed by atoms with Gasteiger partial charge in [-0.2, -0.15) is 0 Å². The molecular weight excluding hydrogens is 616 g/mol. The van der Waals surface area contributed by atoms with E-state index in [9.17, 15) is 18.0 Å². The molecule has 2 amide bonds. The molecule has 0 aliphatic heterocycles. The Morgan fingerprint density at radius 2 is 1.50 bits per heavy atom. The maximum atomic E-state index is 14.0. The molecule has 214 valence electrons. The van der Waals surface area contributed by atoms with Crippen molar-refractivity contribution in [3.63, 3.8) is 0 Å². The molecule has 0 spiro atoms. The molecule has 1 atom stereocenters. The lowest BCUT2D eigenvalue weighted by molar-refractivity contribution is -0.140. The molecule has 0 saturated carbocycles. The highest BCUT2D eigenvalue weighted by Gasteiger charge is 2.34. The van der Waals surface area contributed by atoms with Crippen LogP contribution >= 0.6 is 46.4 Å². The second-order valence-electron chi connectivity index (χ2n) is 9.29. The highest BCUT2D eigenvalue weighted by molar-refractivity contribution is 7.92. The van der Waals surface area contributed by atoms with E-state index in [0.717, 1.165) is 4.31 Å². The normalized spacial score (nSPS) is 12.2. The van der Waals surface area contributed by atoms with Crippen molar-refractivity contribution in [2.24, 2.45) is 0 Å². The van der Waals surface area contributed by atoms with Crippen LogP contribution in [0.1, 0.15) is 32.8 Å². The van der Waals surface area contributed by atoms with E-state index in [2.05, 4.69) is 5.32 Å². The molecule has 0 unspecified atom stereocenters. The van der Waals surface area contributed by atoms with Gasteiger partial charge >= 0.3 is 0 Å². The van der Waals surface area contributed by atoms with Gasteiger partial charge in [0.1, 0.15) is 12.6 Å². The van der Waals surface area contributed by atoms with Crippen molar-refractivity contribution in [3.8, 4) is 0 Å². The first-order chi connectivity index (χ1) is 18.8. The standard InChI is InChI=1S/C28H29Cl4N3O4S/c1-4-26(28(37)33-18(2)3)34(16-19-8-9-22(31)15-25(19)32)27(36)17-35(23-7-5-6-21(30)14-23)40(38,39)24-12-10-20(29)11-13-24/h5-15,18,26H,4,16-17H2,1-3H3,(H,33,37)/t26-/m1/s1. The third-order valence-corrected chi connectivity index (χ3v) is 8.81. The molecule has 0 aliphatic carbocycles. The summed E-state index contributed by atoms with van der Waals surface area (Å²) in [4.78, 5) is 28.5. The van der Waals surface area contributed by atoms with Crippen LogP contribution in [0.15, 0.2) is 71.6 Å². The molecule has 3 aromatic carbocycles. The molecule has 40 heavy (non-hydrogen) atoms. The average molecular weight is 645 g/mol. The van der Waals surface area contributed by atoms with Gasteiger partial charge < -0.3 is 10.2 Å². The Morgan fingerprint density at radius 3 is 2.08 bits per heavy atom. The van der Waals surface area contributed by atoms with Crippen LogP contribution in [0, 0.1) is 0 Å². The molecular formula is C28H29Cl4N3O4S. The summed E-state index contributed by atoms with van der Waals surface area (Å²) in [5, 5.41) is 4.21. The summed E-state index contributed by atoms with van der Waals surface area (Å²) in [6, 6.07) is 15.5. The van der Waals surface area contributed by atoms with Crippen molar-refractivity contribution in [2.75, 3.05) is 10.8 Å². The van der Waals surface area contributed by atoms with E-state index >= 15 is 0 Å². The van der Waals surface area contributed by atoms with E-state index in [1.54, 1.807) is 37.3 Å². The van der Waals surface area contributed by atoms with Crippen LogP contribution in [0.3, 0.4) is 0 Å². The van der Waals surface area contributed by atoms with Gasteiger partial charge in [0.05, 0.1) is 10.6 Å². The van der Waals surface area contributed by atoms with Gasteiger partial charge in [-0.15, -0.1) is 0 Å². The van der Waals surface area contributed by atoms with Gasteiger partial charge in [-0.25, -0.2) is 8.42 Å². The fourth-order valence-electron chi connectivity index (χ4n) is 4.03. The first-order valence-corrected chi connectivity index (χ1v) is 15.4. The molecule has 0 aromatic heterocycles. The topological polar surface area (TPSA) is 86.8 Å². The van der Waals surface area contributed by atoms with Crippen molar-refractivity contribution < 1.29 is 18.0 Å². The van der Waals surface area contributed by atoms with E-state index in [0.29, 0.717) is 20.6 Å². The molecule has 1 N–H and O–H groups in total. The Hall–Kier alpha value is -2.49. The van der Waals surface area contributed by atoms with Crippen LogP contribution in [0.2, 0.25) is 20.1 Å². The second kappa shape index (κ2) is 13.9. The van der Waals surface area contributed by atoms with Crippen LogP contribution in [-0.4, -0.2) is 43.8 Å². The number of amides is 2. The highest BCUT2D eigenvalue weighted by atomic mass is 35.5. The number of halogens is 4. The number of carbonyl (C=O) groups excluding carboxylic acids is 2. The molecule has 7 nitrogen and oxygen atoms in total. The molecule has 0 aliphatic rings. The van der Waals surface area contributed by atoms with Crippen LogP contribution in [-0.2, 0) is 26.2 Å². The largest absolute Gasteiger partial charge is 0.352 e. The number of anilines is 1. The van der Waals surface area contributed by atoms with Crippen molar-refractivity contribution in [2.45, 2.75) is 50.7 Å². The Kier molecular flexibility index (Phi) is 11.1. The number of hydrogen-bond acceptors (Lipinski definition) is 4. The Balaban J connectivity index is 2.09. The summed E-state index contributed by atoms with van der Waals surface area (Å²) in [7, 11) is -4.25. The van der Waals surface area contributed by atoms with Gasteiger partial charge in [0, 0.05) is 32.7 Å². The maximum absolute atomic E-state index is 14.0. The van der Waals surface area contributed by atoms with Gasteiger partial charge in [-0.3, -0.25) is 13.9 Å². The van der Waals surface area contributed by atoms with Gasteiger partial charge in [0.2, 0.25) is 11.8 Å². The first kappa shape index (κ1) is 32.0. The minimum Gasteiger partial charge on any atom is -0.352 e. The fraction of sp³-hybridized carbons (Fsp3) is 0.286. The Labute approximate surface area is 255 Å². The molecule has 0 heterocycles. The van der Waals surface area contributed by atoms with Gasteiger partial charge in [0.15, 0.2) is 0 Å². The van der Waals surface area contributed by atoms with Crippen molar-refractivity contribution in [3.05, 3.63) is 92.4 Å². The smallest absolute Gasteiger partial charge is 0.264 e. The Bertz CT molecular complexity index is 1470. The van der Waals surface area contributed by atoms with E-state index in [1.165, 1.54) is 41.3 Å². The lowest BCUT2D eigenvalue weighted by Crippen LogP contribution is -2.53. The van der Waals surface area contributed by atoms with Crippen LogP contribution < -0.4 is 9.62 Å². The third-order valence-electron chi connectivity index (χ3n) is 5.95. The monoisotopic (exact) mass is 643 g/mol. The van der Waals surface area contributed by atoms with E-state index in [1.807, 2.05) is 13.8 Å². The summed E-state index contributed by atoms with van der Waals surface area (Å²) in [5.41, 5.74) is 0.727. The summed E-state index contributed by atoms with van der Waals surface area (Å²) in [5.74, 6) is -0.986. The molecule has 12 heteroatoms. The molecule has 3 rings (SSSR count). The molecule has 0 bridgehead atoms. The average Bonchev–Trinajstić information content (AvgIpc) is 2.88. The molecule has 0 saturated heterocycles. The zero-order valence-corrected chi connectivity index (χ0v) is 25.9. The van der Waals surface area contributed by atoms with Gasteiger partial charge in [-0.1, -0.05) is 65.5 Å². The number of sulfonamides is 1.